The van der Waals surface area contributed by atoms with Gasteiger partial charge in [0.15, 0.2) is 15.2 Å². The molecule has 0 aromatic rings. The van der Waals surface area contributed by atoms with E-state index in [1.165, 1.54) is 31.5 Å². The van der Waals surface area contributed by atoms with Gasteiger partial charge in [0.2, 0.25) is 0 Å². The molecule has 5 heteroatoms. The van der Waals surface area contributed by atoms with Gasteiger partial charge in [-0.2, -0.15) is 4.33 Å². The molecule has 0 spiro atoms. The lowest BCUT2D eigenvalue weighted by Gasteiger charge is -1.98. The number of rotatable bonds is 6. The first-order chi connectivity index (χ1) is 6.26. The largest absolute Gasteiger partial charge is 0.400 e. The Morgan fingerprint density at radius 1 is 1.15 bits per heavy atom. The second kappa shape index (κ2) is 15.8. The van der Waals surface area contributed by atoms with Crippen LogP contribution >= 0.6 is 10.4 Å². The summed E-state index contributed by atoms with van der Waals surface area (Å²) in [6.45, 7) is 8.76. The van der Waals surface area contributed by atoms with Gasteiger partial charge in [-0.15, -0.1) is 10.6 Å². The molecule has 2 nitrogen and oxygen atoms in total. The lowest BCUT2D eigenvalue weighted by atomic mass is 10.9. The first kappa shape index (κ1) is 16.8. The van der Waals surface area contributed by atoms with Crippen molar-refractivity contribution in [2.75, 3.05) is 0 Å². The van der Waals surface area contributed by atoms with Crippen LogP contribution in [0.5, 0.6) is 0 Å². The van der Waals surface area contributed by atoms with E-state index in [1.54, 1.807) is 0 Å². The lowest BCUT2D eigenvalue weighted by Crippen LogP contribution is -2.02. The molecule has 1 N–H and O–H groups in total. The van der Waals surface area contributed by atoms with Gasteiger partial charge in [0, 0.05) is 0 Å². The topological polar surface area (TPSA) is 29.5 Å². The Morgan fingerprint density at radius 2 is 1.62 bits per heavy atom. The molecule has 0 saturated heterocycles. The van der Waals surface area contributed by atoms with Crippen molar-refractivity contribution < 1.29 is 9.59 Å². The highest BCUT2D eigenvalue weighted by molar-refractivity contribution is 8.21. The Labute approximate surface area is 96.7 Å². The molecule has 0 unspecified atom stereocenters. The molecule has 0 fully saturated rings. The van der Waals surface area contributed by atoms with Gasteiger partial charge in [-0.25, -0.2) is 5.26 Å². The van der Waals surface area contributed by atoms with Crippen molar-refractivity contribution in [2.24, 2.45) is 0 Å². The van der Waals surface area contributed by atoms with Crippen LogP contribution < -0.4 is 0 Å². The quantitative estimate of drug-likeness (QED) is 0.329. The first-order valence-electron chi connectivity index (χ1n) is 5.05. The summed E-state index contributed by atoms with van der Waals surface area (Å²) in [5, 5.41) is 13.2. The number of hydrogen-bond donors (Lipinski definition) is 1. The SMILES string of the molecule is C[CH2][Al]([CH2]C)[S]OO.C[CH2][Al][CH2]C. The summed E-state index contributed by atoms with van der Waals surface area (Å²) in [5.41, 5.74) is 0. The summed E-state index contributed by atoms with van der Waals surface area (Å²) in [6.07, 6.45) is 0. The third-order valence-electron chi connectivity index (χ3n) is 1.67. The van der Waals surface area contributed by atoms with Gasteiger partial charge < -0.3 is 0 Å². The van der Waals surface area contributed by atoms with Crippen molar-refractivity contribution in [1.29, 1.82) is 0 Å². The van der Waals surface area contributed by atoms with Crippen molar-refractivity contribution in [3.05, 3.63) is 0 Å². The van der Waals surface area contributed by atoms with Crippen LogP contribution in [0.2, 0.25) is 21.1 Å². The van der Waals surface area contributed by atoms with Gasteiger partial charge >= 0.3 is 13.0 Å². The Bertz CT molecular complexity index is 80.5. The third kappa shape index (κ3) is 16.0. The van der Waals surface area contributed by atoms with Crippen LogP contribution in [0, 0.1) is 0 Å². The molecule has 1 radical (unpaired) electrons. The van der Waals surface area contributed by atoms with E-state index >= 15 is 0 Å². The van der Waals surface area contributed by atoms with Crippen molar-refractivity contribution >= 4 is 38.6 Å². The van der Waals surface area contributed by atoms with Crippen molar-refractivity contribution in [1.82, 2.24) is 0 Å². The monoisotopic (exact) mass is 235 g/mol. The smallest absolute Gasteiger partial charge is 0.241 e. The van der Waals surface area contributed by atoms with Gasteiger partial charge in [-0.3, -0.25) is 0 Å². The maximum absolute atomic E-state index is 8.00. The zero-order valence-electron chi connectivity index (χ0n) is 9.25. The van der Waals surface area contributed by atoms with E-state index in [9.17, 15) is 0 Å². The molecular formula is C8H21Al2O2S. The molecule has 0 aromatic carbocycles. The molecule has 0 saturated carbocycles. The third-order valence-corrected chi connectivity index (χ3v) is 8.08. The fraction of sp³-hybridized carbons (Fsp3) is 1.00. The minimum atomic E-state index is -0.748. The molecule has 0 amide bonds. The second-order valence-corrected chi connectivity index (χ2v) is 10.7. The summed E-state index contributed by atoms with van der Waals surface area (Å²) in [4.78, 5) is 0. The predicted octanol–water partition coefficient (Wildman–Crippen LogP) is 3.72. The van der Waals surface area contributed by atoms with Gasteiger partial charge in [0.1, 0.15) is 0 Å². The summed E-state index contributed by atoms with van der Waals surface area (Å²) < 4.78 is 3.96. The maximum atomic E-state index is 8.00. The molecule has 0 aromatic heterocycles. The van der Waals surface area contributed by atoms with Crippen LogP contribution in [0.3, 0.4) is 0 Å². The highest BCUT2D eigenvalue weighted by Gasteiger charge is 2.13. The molecular weight excluding hydrogens is 214 g/mol. The average Bonchev–Trinajstić information content (AvgIpc) is 2.16. The van der Waals surface area contributed by atoms with E-state index in [4.69, 9.17) is 5.26 Å². The van der Waals surface area contributed by atoms with Crippen molar-refractivity contribution in [2.45, 2.75) is 48.8 Å². The molecule has 0 aliphatic carbocycles. The van der Waals surface area contributed by atoms with Crippen molar-refractivity contribution in [3.8, 4) is 0 Å². The second-order valence-electron chi connectivity index (χ2n) is 2.71. The van der Waals surface area contributed by atoms with E-state index < -0.39 is 13.0 Å². The number of hydrogen-bond acceptors (Lipinski definition) is 3. The summed E-state index contributed by atoms with van der Waals surface area (Å²) in [7, 11) is 1.27. The molecule has 0 bridgehead atoms. The van der Waals surface area contributed by atoms with Crippen LogP contribution in [0.4, 0.5) is 0 Å². The normalized spacial score (nSPS) is 8.69. The Balaban J connectivity index is 0. The van der Waals surface area contributed by atoms with Crippen LogP contribution in [-0.2, 0) is 4.33 Å². The Hall–Kier alpha value is 1.33. The van der Waals surface area contributed by atoms with Crippen LogP contribution in [0.25, 0.3) is 0 Å². The molecule has 13 heavy (non-hydrogen) atoms. The van der Waals surface area contributed by atoms with E-state index in [2.05, 4.69) is 32.0 Å². The molecule has 0 aliphatic rings. The highest BCUT2D eigenvalue weighted by Crippen LogP contribution is 2.13. The van der Waals surface area contributed by atoms with Gasteiger partial charge in [-0.1, -0.05) is 48.7 Å². The standard InChI is InChI=1S/4C2H5.2Al.H2O2S/c4*1-2;;;1-2-3/h4*1H2,2H3;;;1,3H/q;;;;;+1;/p-1. The zero-order chi connectivity index (χ0) is 10.5. The van der Waals surface area contributed by atoms with Gasteiger partial charge in [-0.05, 0) is 0 Å². The Kier molecular flexibility index (Phi) is 20.4. The first-order valence-corrected chi connectivity index (χ1v) is 10.5. The fourth-order valence-corrected chi connectivity index (χ4v) is 3.50. The Morgan fingerprint density at radius 3 is 1.69 bits per heavy atom. The van der Waals surface area contributed by atoms with E-state index in [0.717, 1.165) is 15.2 Å². The summed E-state index contributed by atoms with van der Waals surface area (Å²) in [6, 6.07) is 0. The van der Waals surface area contributed by atoms with Gasteiger partial charge in [0.05, 0.1) is 0 Å². The summed E-state index contributed by atoms with van der Waals surface area (Å²) >= 11 is 0.0671. The van der Waals surface area contributed by atoms with Crippen LogP contribution in [0.1, 0.15) is 27.7 Å². The van der Waals surface area contributed by atoms with Crippen LogP contribution in [-0.4, -0.2) is 33.5 Å². The van der Waals surface area contributed by atoms with Crippen molar-refractivity contribution in [3.63, 3.8) is 0 Å². The van der Waals surface area contributed by atoms with Crippen LogP contribution in [0.15, 0.2) is 0 Å². The average molecular weight is 235 g/mol. The predicted molar refractivity (Wildman–Crippen MR) is 64.7 cm³/mol. The maximum Gasteiger partial charge on any atom is 0.400 e. The molecule has 77 valence electrons. The molecule has 0 heterocycles. The fourth-order valence-electron chi connectivity index (χ4n) is 0.774. The zero-order valence-corrected chi connectivity index (χ0v) is 12.4. The summed E-state index contributed by atoms with van der Waals surface area (Å²) in [5.74, 6) is 0. The molecule has 0 aliphatic heterocycles. The minimum Gasteiger partial charge on any atom is -0.241 e. The lowest BCUT2D eigenvalue weighted by molar-refractivity contribution is -0.114. The van der Waals surface area contributed by atoms with E-state index in [-0.39, 0.29) is 0 Å². The highest BCUT2D eigenvalue weighted by atomic mass is 32.3. The van der Waals surface area contributed by atoms with E-state index in [1.807, 2.05) is 0 Å². The van der Waals surface area contributed by atoms with Gasteiger partial charge in [0.25, 0.3) is 0 Å². The molecule has 0 atom stereocenters. The molecule has 0 rings (SSSR count). The minimum absolute atomic E-state index is 0.748. The van der Waals surface area contributed by atoms with E-state index in [0.29, 0.717) is 0 Å².